The van der Waals surface area contributed by atoms with E-state index in [9.17, 15) is 32.0 Å². The van der Waals surface area contributed by atoms with Crippen molar-refractivity contribution in [2.45, 2.75) is 82.1 Å². The minimum Gasteiger partial charge on any atom is -0.481 e. The van der Waals surface area contributed by atoms with Crippen LogP contribution in [0.3, 0.4) is 0 Å². The van der Waals surface area contributed by atoms with Gasteiger partial charge in [0.15, 0.2) is 5.60 Å². The van der Waals surface area contributed by atoms with Crippen LogP contribution in [-0.2, 0) is 29.2 Å². The second-order valence-corrected chi connectivity index (χ2v) is 11.7. The fourth-order valence-corrected chi connectivity index (χ4v) is 5.63. The molecule has 0 radical (unpaired) electrons. The normalized spacial score (nSPS) is 23.0. The average molecular weight is 581 g/mol. The lowest BCUT2D eigenvalue weighted by Crippen LogP contribution is -2.43. The van der Waals surface area contributed by atoms with Crippen molar-refractivity contribution < 1.29 is 52.4 Å². The predicted molar refractivity (Wildman–Crippen MR) is 134 cm³/mol. The van der Waals surface area contributed by atoms with Gasteiger partial charge in [0, 0.05) is 19.0 Å². The number of hydrogen-bond donors (Lipinski definition) is 6. The Morgan fingerprint density at radius 2 is 1.72 bits per heavy atom. The Hall–Kier alpha value is -2.87. The number of alkyl halides is 1. The van der Waals surface area contributed by atoms with Crippen LogP contribution in [0.25, 0.3) is 0 Å². The third-order valence-corrected chi connectivity index (χ3v) is 7.88. The molecule has 0 spiro atoms. The Kier molecular flexibility index (Phi) is 13.7. The highest BCUT2D eigenvalue weighted by Crippen LogP contribution is 2.25. The summed E-state index contributed by atoms with van der Waals surface area (Å²) in [4.78, 5) is 44.0. The minimum absolute atomic E-state index is 0.00836. The molecule has 1 heterocycles. The van der Waals surface area contributed by atoms with E-state index >= 15 is 0 Å². The lowest BCUT2D eigenvalue weighted by Gasteiger charge is -2.21. The molecule has 6 N–H and O–H groups in total. The average Bonchev–Trinajstić information content (AvgIpc) is 3.45. The number of carboxylic acid groups (broad SMARTS) is 3. The SMILES string of the molecule is CCCCS(=O)(=O)NC[C@H]1CC[C@@H](NCC(=O)N2C[C@@H](F)C[C@H]2C#N)C1.O=C(O)CC(O)(CC(=O)O)C(=O)O. The Morgan fingerprint density at radius 3 is 2.23 bits per heavy atom. The second-order valence-electron chi connectivity index (χ2n) is 9.78. The van der Waals surface area contributed by atoms with Crippen LogP contribution >= 0.6 is 0 Å². The summed E-state index contributed by atoms with van der Waals surface area (Å²) in [6.45, 7) is 2.47. The Morgan fingerprint density at radius 1 is 1.10 bits per heavy atom. The van der Waals surface area contributed by atoms with Crippen molar-refractivity contribution in [3.63, 3.8) is 0 Å². The van der Waals surface area contributed by atoms with Gasteiger partial charge < -0.3 is 30.6 Å². The largest absolute Gasteiger partial charge is 0.481 e. The zero-order chi connectivity index (χ0) is 29.8. The van der Waals surface area contributed by atoms with Crippen molar-refractivity contribution in [2.24, 2.45) is 5.92 Å². The topological polar surface area (TPSA) is 234 Å². The quantitative estimate of drug-likeness (QED) is 0.155. The summed E-state index contributed by atoms with van der Waals surface area (Å²) in [5.41, 5.74) is -2.74. The molecule has 1 saturated carbocycles. The molecule has 1 aliphatic heterocycles. The molecule has 0 aromatic rings. The van der Waals surface area contributed by atoms with E-state index in [1.165, 1.54) is 4.90 Å². The maximum absolute atomic E-state index is 13.4. The van der Waals surface area contributed by atoms with Crippen molar-refractivity contribution >= 4 is 33.8 Å². The number of amides is 1. The van der Waals surface area contributed by atoms with Gasteiger partial charge in [0.25, 0.3) is 0 Å². The first-order valence-corrected chi connectivity index (χ1v) is 14.2. The zero-order valence-corrected chi connectivity index (χ0v) is 22.5. The number of nitrogens with one attached hydrogen (secondary N) is 2. The van der Waals surface area contributed by atoms with Crippen LogP contribution in [0, 0.1) is 17.2 Å². The van der Waals surface area contributed by atoms with Gasteiger partial charge in [-0.05, 0) is 31.6 Å². The molecule has 2 fully saturated rings. The number of aliphatic hydroxyl groups is 1. The molecule has 0 aromatic carbocycles. The molecule has 16 heteroatoms. The van der Waals surface area contributed by atoms with Crippen LogP contribution in [0.5, 0.6) is 0 Å². The third-order valence-electron chi connectivity index (χ3n) is 6.45. The van der Waals surface area contributed by atoms with Gasteiger partial charge in [0.1, 0.15) is 12.2 Å². The van der Waals surface area contributed by atoms with E-state index in [2.05, 4.69) is 10.0 Å². The smallest absolute Gasteiger partial charge is 0.336 e. The number of sulfonamides is 1. The molecule has 1 amide bonds. The van der Waals surface area contributed by atoms with Crippen LogP contribution in [0.4, 0.5) is 4.39 Å². The van der Waals surface area contributed by atoms with Crippen molar-refractivity contribution in [3.8, 4) is 6.07 Å². The second kappa shape index (κ2) is 15.7. The summed E-state index contributed by atoms with van der Waals surface area (Å²) in [5.74, 6) is -4.85. The van der Waals surface area contributed by atoms with E-state index in [1.54, 1.807) is 0 Å². The van der Waals surface area contributed by atoms with E-state index in [4.69, 9.17) is 25.7 Å². The monoisotopic (exact) mass is 580 g/mol. The number of likely N-dealkylation sites (tertiary alicyclic amines) is 1. The summed E-state index contributed by atoms with van der Waals surface area (Å²) in [6, 6.07) is 1.45. The van der Waals surface area contributed by atoms with Crippen molar-refractivity contribution in [2.75, 3.05) is 25.4 Å². The number of hydrogen-bond acceptors (Lipinski definition) is 9. The zero-order valence-electron chi connectivity index (χ0n) is 21.7. The lowest BCUT2D eigenvalue weighted by molar-refractivity contribution is -0.170. The molecular weight excluding hydrogens is 543 g/mol. The fourth-order valence-electron chi connectivity index (χ4n) is 4.33. The van der Waals surface area contributed by atoms with Crippen LogP contribution in [0.15, 0.2) is 0 Å². The Balaban J connectivity index is 0.000000495. The van der Waals surface area contributed by atoms with E-state index in [0.717, 1.165) is 25.7 Å². The maximum Gasteiger partial charge on any atom is 0.336 e. The molecule has 14 nitrogen and oxygen atoms in total. The van der Waals surface area contributed by atoms with E-state index < -0.39 is 58.6 Å². The number of carboxylic acids is 3. The van der Waals surface area contributed by atoms with E-state index in [-0.39, 0.29) is 43.1 Å². The predicted octanol–water partition coefficient (Wildman–Crippen LogP) is -0.322. The molecule has 0 aromatic heterocycles. The lowest BCUT2D eigenvalue weighted by atomic mass is 9.96. The number of rotatable bonds is 14. The van der Waals surface area contributed by atoms with Crippen LogP contribution in [0.1, 0.15) is 58.3 Å². The van der Waals surface area contributed by atoms with Gasteiger partial charge in [-0.15, -0.1) is 0 Å². The number of nitriles is 1. The highest BCUT2D eigenvalue weighted by molar-refractivity contribution is 7.89. The summed E-state index contributed by atoms with van der Waals surface area (Å²) in [5, 5.41) is 46.0. The van der Waals surface area contributed by atoms with Crippen molar-refractivity contribution in [1.82, 2.24) is 14.9 Å². The van der Waals surface area contributed by atoms with Crippen LogP contribution < -0.4 is 10.0 Å². The molecule has 2 aliphatic rings. The highest BCUT2D eigenvalue weighted by Gasteiger charge is 2.41. The van der Waals surface area contributed by atoms with E-state index in [1.807, 2.05) is 13.0 Å². The van der Waals surface area contributed by atoms with E-state index in [0.29, 0.717) is 13.0 Å². The number of halogens is 1. The van der Waals surface area contributed by atoms with Gasteiger partial charge in [-0.25, -0.2) is 22.3 Å². The summed E-state index contributed by atoms with van der Waals surface area (Å²) in [6.07, 6.45) is 0.761. The number of aliphatic carboxylic acids is 3. The molecule has 0 bridgehead atoms. The number of carbonyl (C=O) groups is 4. The standard InChI is InChI=1S/C17H29FN4O3S.C6H8O7/c1-2-3-6-26(24,25)21-10-13-4-5-15(7-13)20-11-17(23)22-12-14(18)8-16(22)9-19;7-3(8)1-6(13,5(11)12)2-4(9)10/h13-16,20-21H,2-8,10-12H2,1H3;13H,1-2H2,(H,7,8)(H,9,10)(H,11,12)/t13-,14-,15+,16-;/m0./s1. The molecular formula is C23H37FN4O10S. The Labute approximate surface area is 226 Å². The molecule has 1 saturated heterocycles. The molecule has 1 aliphatic carbocycles. The number of unbranched alkanes of at least 4 members (excludes halogenated alkanes) is 1. The maximum atomic E-state index is 13.4. The van der Waals surface area contributed by atoms with Crippen molar-refractivity contribution in [1.29, 1.82) is 5.26 Å². The van der Waals surface area contributed by atoms with Gasteiger partial charge in [-0.3, -0.25) is 14.4 Å². The summed E-state index contributed by atoms with van der Waals surface area (Å²) >= 11 is 0. The molecule has 0 unspecified atom stereocenters. The highest BCUT2D eigenvalue weighted by atomic mass is 32.2. The molecule has 222 valence electrons. The first-order chi connectivity index (χ1) is 18.1. The summed E-state index contributed by atoms with van der Waals surface area (Å²) < 4.78 is 39.8. The minimum atomic E-state index is -3.20. The fraction of sp³-hybridized carbons (Fsp3) is 0.783. The number of carbonyl (C=O) groups excluding carboxylic acids is 1. The van der Waals surface area contributed by atoms with Gasteiger partial charge in [0.05, 0.1) is 37.8 Å². The summed E-state index contributed by atoms with van der Waals surface area (Å²) in [7, 11) is -3.20. The Bertz CT molecular complexity index is 1000. The molecule has 2 rings (SSSR count). The molecule has 4 atom stereocenters. The van der Waals surface area contributed by atoms with Crippen LogP contribution in [0.2, 0.25) is 0 Å². The number of nitrogens with zero attached hydrogens (tertiary/aromatic N) is 2. The van der Waals surface area contributed by atoms with Gasteiger partial charge in [-0.2, -0.15) is 5.26 Å². The van der Waals surface area contributed by atoms with Gasteiger partial charge in [-0.1, -0.05) is 13.3 Å². The van der Waals surface area contributed by atoms with Gasteiger partial charge in [0.2, 0.25) is 15.9 Å². The van der Waals surface area contributed by atoms with Crippen LogP contribution in [-0.4, -0.2) is 107 Å². The third kappa shape index (κ3) is 12.2. The first-order valence-electron chi connectivity index (χ1n) is 12.6. The van der Waals surface area contributed by atoms with Gasteiger partial charge >= 0.3 is 17.9 Å². The first kappa shape index (κ1) is 34.2. The molecule has 39 heavy (non-hydrogen) atoms. The van der Waals surface area contributed by atoms with Crippen molar-refractivity contribution in [3.05, 3.63) is 0 Å².